The fraction of sp³-hybridized carbons (Fsp3) is 0.250. The third kappa shape index (κ3) is 1.76. The second-order valence-electron chi connectivity index (χ2n) is 1.85. The molecule has 0 aliphatic carbocycles. The zero-order valence-electron chi connectivity index (χ0n) is 5.50. The van der Waals surface area contributed by atoms with Crippen LogP contribution in [0.1, 0.15) is 12.7 Å². The topological polar surface area (TPSA) is 13.1 Å². The average molecular weight is 122 g/mol. The van der Waals surface area contributed by atoms with Crippen LogP contribution in [0.4, 0.5) is 0 Å². The van der Waals surface area contributed by atoms with E-state index in [0.29, 0.717) is 0 Å². The van der Waals surface area contributed by atoms with Crippen molar-refractivity contribution in [3.63, 3.8) is 0 Å². The minimum atomic E-state index is 0.906. The van der Waals surface area contributed by atoms with Gasteiger partial charge in [0.2, 0.25) is 0 Å². The van der Waals surface area contributed by atoms with Crippen LogP contribution >= 0.6 is 0 Å². The number of hydrogen-bond donors (Lipinski definition) is 0. The Morgan fingerprint density at radius 3 is 3.11 bits per heavy atom. The molecule has 0 amide bonds. The Hall–Kier alpha value is -0.980. The van der Waals surface area contributed by atoms with Gasteiger partial charge in [-0.2, -0.15) is 0 Å². The standard InChI is InChI=1S/C8H10O/c1-2-3-5-8-6-4-7-9-8/h2-4,6-7H,5H2,1H3/b3-2-. The third-order valence-electron chi connectivity index (χ3n) is 1.13. The van der Waals surface area contributed by atoms with Gasteiger partial charge in [-0.05, 0) is 19.1 Å². The molecule has 0 aliphatic rings. The summed E-state index contributed by atoms with van der Waals surface area (Å²) in [4.78, 5) is 0. The SMILES string of the molecule is C/C=C\Cc1ccco1. The van der Waals surface area contributed by atoms with Crippen molar-refractivity contribution in [2.24, 2.45) is 0 Å². The molecule has 48 valence electrons. The predicted molar refractivity (Wildman–Crippen MR) is 37.2 cm³/mol. The Labute approximate surface area is 55.0 Å². The summed E-state index contributed by atoms with van der Waals surface area (Å²) in [5.41, 5.74) is 0. The van der Waals surface area contributed by atoms with Gasteiger partial charge in [0.05, 0.1) is 6.26 Å². The highest BCUT2D eigenvalue weighted by molar-refractivity contribution is 5.02. The van der Waals surface area contributed by atoms with Gasteiger partial charge in [0.1, 0.15) is 5.76 Å². The number of allylic oxidation sites excluding steroid dienone is 2. The number of hydrogen-bond acceptors (Lipinski definition) is 1. The molecule has 1 nitrogen and oxygen atoms in total. The maximum atomic E-state index is 5.08. The maximum absolute atomic E-state index is 5.08. The van der Waals surface area contributed by atoms with Gasteiger partial charge >= 0.3 is 0 Å². The fourth-order valence-corrected chi connectivity index (χ4v) is 0.663. The van der Waals surface area contributed by atoms with Crippen LogP contribution in [-0.4, -0.2) is 0 Å². The van der Waals surface area contributed by atoms with E-state index >= 15 is 0 Å². The van der Waals surface area contributed by atoms with Crippen LogP contribution in [0.15, 0.2) is 35.0 Å². The molecule has 1 aromatic heterocycles. The van der Waals surface area contributed by atoms with Crippen molar-refractivity contribution in [3.8, 4) is 0 Å². The highest BCUT2D eigenvalue weighted by Gasteiger charge is 1.87. The van der Waals surface area contributed by atoms with Crippen LogP contribution in [-0.2, 0) is 6.42 Å². The smallest absolute Gasteiger partial charge is 0.107 e. The van der Waals surface area contributed by atoms with E-state index in [0.717, 1.165) is 12.2 Å². The molecule has 0 saturated carbocycles. The normalized spacial score (nSPS) is 10.8. The Morgan fingerprint density at radius 2 is 2.56 bits per heavy atom. The molecule has 0 spiro atoms. The summed E-state index contributed by atoms with van der Waals surface area (Å²) in [6, 6.07) is 3.87. The van der Waals surface area contributed by atoms with Crippen molar-refractivity contribution in [1.29, 1.82) is 0 Å². The van der Waals surface area contributed by atoms with Crippen molar-refractivity contribution >= 4 is 0 Å². The lowest BCUT2D eigenvalue weighted by molar-refractivity contribution is 0.523. The van der Waals surface area contributed by atoms with E-state index < -0.39 is 0 Å². The molecule has 0 bridgehead atoms. The summed E-state index contributed by atoms with van der Waals surface area (Å²) in [6.07, 6.45) is 6.68. The third-order valence-corrected chi connectivity index (χ3v) is 1.13. The summed E-state index contributed by atoms with van der Waals surface area (Å²) in [7, 11) is 0. The molecular formula is C8H10O. The van der Waals surface area contributed by atoms with Crippen molar-refractivity contribution in [2.45, 2.75) is 13.3 Å². The zero-order valence-corrected chi connectivity index (χ0v) is 5.50. The molecule has 0 radical (unpaired) electrons. The first-order valence-corrected chi connectivity index (χ1v) is 3.07. The fourth-order valence-electron chi connectivity index (χ4n) is 0.663. The first kappa shape index (κ1) is 6.14. The first-order valence-electron chi connectivity index (χ1n) is 3.07. The number of furan rings is 1. The molecule has 9 heavy (non-hydrogen) atoms. The van der Waals surface area contributed by atoms with Crippen LogP contribution < -0.4 is 0 Å². The van der Waals surface area contributed by atoms with E-state index in [1.807, 2.05) is 25.1 Å². The van der Waals surface area contributed by atoms with E-state index in [9.17, 15) is 0 Å². The van der Waals surface area contributed by atoms with E-state index in [2.05, 4.69) is 6.08 Å². The van der Waals surface area contributed by atoms with Crippen molar-refractivity contribution in [3.05, 3.63) is 36.3 Å². The van der Waals surface area contributed by atoms with Gasteiger partial charge in [-0.25, -0.2) is 0 Å². The van der Waals surface area contributed by atoms with Gasteiger partial charge in [-0.3, -0.25) is 0 Å². The van der Waals surface area contributed by atoms with Crippen LogP contribution in [0.2, 0.25) is 0 Å². The average Bonchev–Trinajstić information content (AvgIpc) is 2.34. The molecule has 1 heteroatoms. The molecule has 0 fully saturated rings. The Morgan fingerprint density at radius 1 is 1.67 bits per heavy atom. The van der Waals surface area contributed by atoms with Gasteiger partial charge in [0, 0.05) is 6.42 Å². The van der Waals surface area contributed by atoms with Crippen molar-refractivity contribution in [2.75, 3.05) is 0 Å². The summed E-state index contributed by atoms with van der Waals surface area (Å²) < 4.78 is 5.08. The van der Waals surface area contributed by atoms with Gasteiger partial charge in [0.15, 0.2) is 0 Å². The summed E-state index contributed by atoms with van der Waals surface area (Å²) in [6.45, 7) is 2.00. The van der Waals surface area contributed by atoms with Crippen molar-refractivity contribution < 1.29 is 4.42 Å². The predicted octanol–water partition coefficient (Wildman–Crippen LogP) is 2.40. The highest BCUT2D eigenvalue weighted by atomic mass is 16.3. The van der Waals surface area contributed by atoms with Crippen LogP contribution in [0, 0.1) is 0 Å². The highest BCUT2D eigenvalue weighted by Crippen LogP contribution is 2.00. The van der Waals surface area contributed by atoms with Gasteiger partial charge < -0.3 is 4.42 Å². The maximum Gasteiger partial charge on any atom is 0.107 e. The minimum absolute atomic E-state index is 0.906. The summed E-state index contributed by atoms with van der Waals surface area (Å²) >= 11 is 0. The van der Waals surface area contributed by atoms with Gasteiger partial charge in [-0.1, -0.05) is 12.2 Å². The summed E-state index contributed by atoms with van der Waals surface area (Å²) in [5.74, 6) is 1.02. The van der Waals surface area contributed by atoms with Crippen LogP contribution in [0.5, 0.6) is 0 Å². The first-order chi connectivity index (χ1) is 4.43. The molecule has 0 N–H and O–H groups in total. The van der Waals surface area contributed by atoms with E-state index in [4.69, 9.17) is 4.42 Å². The Kier molecular flexibility index (Phi) is 2.13. The lowest BCUT2D eigenvalue weighted by Crippen LogP contribution is -1.71. The molecule has 0 aromatic carbocycles. The Bertz CT molecular complexity index is 172. The minimum Gasteiger partial charge on any atom is -0.469 e. The van der Waals surface area contributed by atoms with Gasteiger partial charge in [-0.15, -0.1) is 0 Å². The monoisotopic (exact) mass is 122 g/mol. The molecule has 1 rings (SSSR count). The Balaban J connectivity index is 2.48. The molecule has 0 saturated heterocycles. The molecular weight excluding hydrogens is 112 g/mol. The summed E-state index contributed by atoms with van der Waals surface area (Å²) in [5, 5.41) is 0. The quantitative estimate of drug-likeness (QED) is 0.549. The van der Waals surface area contributed by atoms with Crippen LogP contribution in [0.25, 0.3) is 0 Å². The zero-order chi connectivity index (χ0) is 6.53. The van der Waals surface area contributed by atoms with Crippen molar-refractivity contribution in [1.82, 2.24) is 0 Å². The molecule has 0 unspecified atom stereocenters. The molecule has 1 aromatic rings. The number of rotatable bonds is 2. The lowest BCUT2D eigenvalue weighted by atomic mass is 10.3. The molecule has 0 aliphatic heterocycles. The van der Waals surface area contributed by atoms with Gasteiger partial charge in [0.25, 0.3) is 0 Å². The lowest BCUT2D eigenvalue weighted by Gasteiger charge is -1.83. The van der Waals surface area contributed by atoms with E-state index in [1.54, 1.807) is 6.26 Å². The second-order valence-corrected chi connectivity index (χ2v) is 1.85. The molecule has 1 heterocycles. The van der Waals surface area contributed by atoms with E-state index in [-0.39, 0.29) is 0 Å². The second kappa shape index (κ2) is 3.13. The van der Waals surface area contributed by atoms with E-state index in [1.165, 1.54) is 0 Å². The largest absolute Gasteiger partial charge is 0.469 e. The molecule has 0 atom stereocenters. The van der Waals surface area contributed by atoms with Crippen LogP contribution in [0.3, 0.4) is 0 Å².